The Kier molecular flexibility index (Phi) is 6.37. The van der Waals surface area contributed by atoms with Crippen molar-refractivity contribution < 1.29 is 9.59 Å². The van der Waals surface area contributed by atoms with E-state index in [0.29, 0.717) is 43.3 Å². The Hall–Kier alpha value is -3.19. The van der Waals surface area contributed by atoms with Gasteiger partial charge in [-0.05, 0) is 67.5 Å². The number of piperidine rings is 1. The quantitative estimate of drug-likeness (QED) is 0.582. The number of rotatable bonds is 4. The van der Waals surface area contributed by atoms with Crippen molar-refractivity contribution in [1.29, 1.82) is 0 Å². The van der Waals surface area contributed by atoms with E-state index in [2.05, 4.69) is 54.5 Å². The van der Waals surface area contributed by atoms with Crippen molar-refractivity contribution in [1.82, 2.24) is 14.8 Å². The van der Waals surface area contributed by atoms with Crippen molar-refractivity contribution >= 4 is 34.0 Å². The van der Waals surface area contributed by atoms with Crippen LogP contribution < -0.4 is 5.32 Å². The van der Waals surface area contributed by atoms with E-state index in [1.807, 2.05) is 27.3 Å². The Morgan fingerprint density at radius 2 is 1.74 bits per heavy atom. The first-order chi connectivity index (χ1) is 16.5. The van der Waals surface area contributed by atoms with Gasteiger partial charge in [0.1, 0.15) is 5.69 Å². The smallest absolute Gasteiger partial charge is 0.273 e. The number of amides is 2. The predicted octanol–water partition coefficient (Wildman–Crippen LogP) is 4.94. The zero-order chi connectivity index (χ0) is 23.7. The molecule has 0 bridgehead atoms. The minimum Gasteiger partial charge on any atom is -0.338 e. The second-order valence-corrected chi connectivity index (χ2v) is 10.2. The van der Waals surface area contributed by atoms with Crippen LogP contribution in [-0.2, 0) is 17.8 Å². The molecule has 7 heteroatoms. The van der Waals surface area contributed by atoms with Gasteiger partial charge in [0.2, 0.25) is 5.91 Å². The number of carbonyl (C=O) groups is 2. The van der Waals surface area contributed by atoms with E-state index in [1.54, 1.807) is 0 Å². The van der Waals surface area contributed by atoms with Crippen LogP contribution in [0.2, 0.25) is 0 Å². The summed E-state index contributed by atoms with van der Waals surface area (Å²) in [6.07, 6.45) is 2.34. The summed E-state index contributed by atoms with van der Waals surface area (Å²) in [6, 6.07) is 14.6. The molecule has 0 radical (unpaired) electrons. The Morgan fingerprint density at radius 1 is 0.971 bits per heavy atom. The lowest BCUT2D eigenvalue weighted by molar-refractivity contribution is -0.137. The topological polar surface area (TPSA) is 65.5 Å². The summed E-state index contributed by atoms with van der Waals surface area (Å²) in [4.78, 5) is 34.5. The standard InChI is InChI=1S/C27H30N4O2S/c1-18-7-8-23(15-19(18)2)28-27-29-24(17-34-27)26(33)30-12-10-21(11-13-30)25(32)31-14-9-20-5-3-4-6-22(20)16-31/h3-8,15,17,21H,9-14,16H2,1-2H3,(H,28,29). The van der Waals surface area contributed by atoms with Gasteiger partial charge in [-0.25, -0.2) is 4.98 Å². The molecule has 1 saturated heterocycles. The van der Waals surface area contributed by atoms with Gasteiger partial charge in [0.05, 0.1) is 0 Å². The Morgan fingerprint density at radius 3 is 2.50 bits per heavy atom. The molecule has 6 nitrogen and oxygen atoms in total. The van der Waals surface area contributed by atoms with Gasteiger partial charge in [-0.1, -0.05) is 30.3 Å². The Labute approximate surface area is 204 Å². The third-order valence-corrected chi connectivity index (χ3v) is 7.81. The molecule has 2 aliphatic heterocycles. The highest BCUT2D eigenvalue weighted by Crippen LogP contribution is 2.27. The molecule has 0 spiro atoms. The number of carbonyl (C=O) groups excluding carboxylic acids is 2. The van der Waals surface area contributed by atoms with E-state index in [1.165, 1.54) is 33.6 Å². The van der Waals surface area contributed by atoms with Crippen molar-refractivity contribution in [2.75, 3.05) is 25.0 Å². The van der Waals surface area contributed by atoms with E-state index in [-0.39, 0.29) is 17.7 Å². The molecule has 0 unspecified atom stereocenters. The van der Waals surface area contributed by atoms with Gasteiger partial charge >= 0.3 is 0 Å². The van der Waals surface area contributed by atoms with Crippen LogP contribution in [0.3, 0.4) is 0 Å². The molecule has 1 fully saturated rings. The molecule has 0 atom stereocenters. The number of aryl methyl sites for hydroxylation is 2. The van der Waals surface area contributed by atoms with Crippen LogP contribution in [-0.4, -0.2) is 46.2 Å². The molecule has 1 aromatic heterocycles. The van der Waals surface area contributed by atoms with Crippen LogP contribution in [0.1, 0.15) is 45.6 Å². The molecule has 3 heterocycles. The van der Waals surface area contributed by atoms with E-state index in [9.17, 15) is 9.59 Å². The molecule has 2 amide bonds. The fourth-order valence-electron chi connectivity index (χ4n) is 4.81. The van der Waals surface area contributed by atoms with Crippen LogP contribution in [0.4, 0.5) is 10.8 Å². The highest BCUT2D eigenvalue weighted by molar-refractivity contribution is 7.14. The number of hydrogen-bond acceptors (Lipinski definition) is 5. The monoisotopic (exact) mass is 474 g/mol. The van der Waals surface area contributed by atoms with Crippen molar-refractivity contribution in [3.05, 3.63) is 75.8 Å². The van der Waals surface area contributed by atoms with E-state index >= 15 is 0 Å². The van der Waals surface area contributed by atoms with Crippen molar-refractivity contribution in [2.24, 2.45) is 5.92 Å². The second-order valence-electron chi connectivity index (χ2n) is 9.31. The number of aromatic nitrogens is 1. The molecule has 34 heavy (non-hydrogen) atoms. The largest absolute Gasteiger partial charge is 0.338 e. The van der Waals surface area contributed by atoms with Gasteiger partial charge in [-0.2, -0.15) is 0 Å². The van der Waals surface area contributed by atoms with Crippen LogP contribution in [0, 0.1) is 19.8 Å². The zero-order valence-corrected chi connectivity index (χ0v) is 20.5. The van der Waals surface area contributed by atoms with Crippen LogP contribution in [0.5, 0.6) is 0 Å². The number of benzene rings is 2. The summed E-state index contributed by atoms with van der Waals surface area (Å²) in [5.41, 5.74) is 6.49. The predicted molar refractivity (Wildman–Crippen MR) is 136 cm³/mol. The van der Waals surface area contributed by atoms with Crippen LogP contribution >= 0.6 is 11.3 Å². The number of hydrogen-bond donors (Lipinski definition) is 1. The lowest BCUT2D eigenvalue weighted by Crippen LogP contribution is -2.45. The molecule has 0 saturated carbocycles. The number of thiazole rings is 1. The van der Waals surface area contributed by atoms with Crippen LogP contribution in [0.15, 0.2) is 47.8 Å². The second kappa shape index (κ2) is 9.58. The SMILES string of the molecule is Cc1ccc(Nc2nc(C(=O)N3CCC(C(=O)N4CCc5ccccc5C4)CC3)cs2)cc1C. The molecule has 0 aliphatic carbocycles. The van der Waals surface area contributed by atoms with Gasteiger partial charge < -0.3 is 15.1 Å². The van der Waals surface area contributed by atoms with Crippen molar-refractivity contribution in [3.8, 4) is 0 Å². The lowest BCUT2D eigenvalue weighted by atomic mass is 9.93. The maximum atomic E-state index is 13.1. The number of fused-ring (bicyclic) bond motifs is 1. The van der Waals surface area contributed by atoms with Gasteiger partial charge in [-0.15, -0.1) is 11.3 Å². The molecule has 5 rings (SSSR count). The molecular formula is C27H30N4O2S. The van der Waals surface area contributed by atoms with E-state index in [4.69, 9.17) is 0 Å². The molecule has 2 aromatic carbocycles. The highest BCUT2D eigenvalue weighted by Gasteiger charge is 2.32. The first kappa shape index (κ1) is 22.6. The molecule has 176 valence electrons. The summed E-state index contributed by atoms with van der Waals surface area (Å²) >= 11 is 1.43. The van der Waals surface area contributed by atoms with E-state index in [0.717, 1.165) is 18.7 Å². The Balaban J connectivity index is 1.15. The number of anilines is 2. The van der Waals surface area contributed by atoms with E-state index < -0.39 is 0 Å². The molecular weight excluding hydrogens is 444 g/mol. The average molecular weight is 475 g/mol. The fraction of sp³-hybridized carbons (Fsp3) is 0.370. The first-order valence-corrected chi connectivity index (χ1v) is 12.8. The third-order valence-electron chi connectivity index (χ3n) is 7.06. The summed E-state index contributed by atoms with van der Waals surface area (Å²) in [7, 11) is 0. The Bertz CT molecular complexity index is 1210. The summed E-state index contributed by atoms with van der Waals surface area (Å²) < 4.78 is 0. The maximum Gasteiger partial charge on any atom is 0.273 e. The average Bonchev–Trinajstić information content (AvgIpc) is 3.33. The first-order valence-electron chi connectivity index (χ1n) is 11.9. The fourth-order valence-corrected chi connectivity index (χ4v) is 5.51. The van der Waals surface area contributed by atoms with Gasteiger partial charge in [-0.3, -0.25) is 9.59 Å². The van der Waals surface area contributed by atoms with Crippen LogP contribution in [0.25, 0.3) is 0 Å². The summed E-state index contributed by atoms with van der Waals surface area (Å²) in [5.74, 6) is 0.170. The minimum absolute atomic E-state index is 0.00764. The summed E-state index contributed by atoms with van der Waals surface area (Å²) in [6.45, 7) is 6.83. The normalized spacial score (nSPS) is 16.3. The number of nitrogens with zero attached hydrogens (tertiary/aromatic N) is 3. The summed E-state index contributed by atoms with van der Waals surface area (Å²) in [5, 5.41) is 5.83. The zero-order valence-electron chi connectivity index (χ0n) is 19.7. The molecule has 3 aromatic rings. The molecule has 1 N–H and O–H groups in total. The number of nitrogens with one attached hydrogen (secondary N) is 1. The van der Waals surface area contributed by atoms with Crippen molar-refractivity contribution in [2.45, 2.75) is 39.7 Å². The lowest BCUT2D eigenvalue weighted by Gasteiger charge is -2.36. The highest BCUT2D eigenvalue weighted by atomic mass is 32.1. The van der Waals surface area contributed by atoms with Gasteiger partial charge in [0.15, 0.2) is 5.13 Å². The maximum absolute atomic E-state index is 13.1. The van der Waals surface area contributed by atoms with Gasteiger partial charge in [0, 0.05) is 43.2 Å². The van der Waals surface area contributed by atoms with Crippen molar-refractivity contribution in [3.63, 3.8) is 0 Å². The minimum atomic E-state index is -0.0535. The molecule has 2 aliphatic rings. The van der Waals surface area contributed by atoms with Gasteiger partial charge in [0.25, 0.3) is 5.91 Å². The third kappa shape index (κ3) is 4.71. The number of likely N-dealkylation sites (tertiary alicyclic amines) is 1.